The molecule has 0 unspecified atom stereocenters. The predicted molar refractivity (Wildman–Crippen MR) is 117 cm³/mol. The molecule has 0 amide bonds. The van der Waals surface area contributed by atoms with Gasteiger partial charge in [-0.2, -0.15) is 0 Å². The van der Waals surface area contributed by atoms with Crippen molar-refractivity contribution in [2.24, 2.45) is 11.1 Å². The molecule has 0 radical (unpaired) electrons. The van der Waals surface area contributed by atoms with Crippen molar-refractivity contribution in [3.05, 3.63) is 47.5 Å². The molecule has 1 spiro atoms. The standard InChI is InChI=1S/C22H26ClFN4O3/c1-3-16-20(25)22(12-31-16)6-8-28(9-7-22)21-15(11-29)27-14(10-26-21)18-13(24)4-5-17(30-2)19(18)23/h3-5,10,16,20,29H,1,6-9,11-12,25H2,2H3/t16-,20+/m0/s1. The van der Waals surface area contributed by atoms with Gasteiger partial charge >= 0.3 is 0 Å². The first kappa shape index (κ1) is 22.0. The maximum atomic E-state index is 14.5. The quantitative estimate of drug-likeness (QED) is 0.679. The number of benzene rings is 1. The number of nitrogens with zero attached hydrogens (tertiary/aromatic N) is 3. The molecular weight excluding hydrogens is 423 g/mol. The van der Waals surface area contributed by atoms with Crippen LogP contribution in [0.1, 0.15) is 18.5 Å². The Balaban J connectivity index is 1.59. The zero-order valence-electron chi connectivity index (χ0n) is 17.4. The van der Waals surface area contributed by atoms with E-state index in [0.717, 1.165) is 12.8 Å². The molecule has 7 nitrogen and oxygen atoms in total. The normalized spacial score (nSPS) is 22.7. The number of piperidine rings is 1. The summed E-state index contributed by atoms with van der Waals surface area (Å²) in [4.78, 5) is 11.1. The average molecular weight is 449 g/mol. The van der Waals surface area contributed by atoms with Gasteiger partial charge in [0.05, 0.1) is 48.9 Å². The summed E-state index contributed by atoms with van der Waals surface area (Å²) < 4.78 is 25.5. The van der Waals surface area contributed by atoms with Crippen molar-refractivity contribution in [3.8, 4) is 17.0 Å². The van der Waals surface area contributed by atoms with Crippen LogP contribution in [0, 0.1) is 11.2 Å². The minimum atomic E-state index is -0.538. The topological polar surface area (TPSA) is 93.7 Å². The molecule has 3 N–H and O–H groups in total. The van der Waals surface area contributed by atoms with E-state index in [1.54, 1.807) is 6.08 Å². The Hall–Kier alpha value is -2.26. The van der Waals surface area contributed by atoms with Crippen molar-refractivity contribution in [2.45, 2.75) is 31.6 Å². The first-order valence-electron chi connectivity index (χ1n) is 10.2. The highest BCUT2D eigenvalue weighted by atomic mass is 35.5. The van der Waals surface area contributed by atoms with E-state index in [0.29, 0.717) is 37.0 Å². The van der Waals surface area contributed by atoms with Crippen LogP contribution >= 0.6 is 11.6 Å². The SMILES string of the molecule is C=C[C@@H]1OCC2(CCN(c3ncc(-c4c(F)ccc(OC)c4Cl)nc3CO)CC2)[C@@H]1N. The Kier molecular flexibility index (Phi) is 6.16. The van der Waals surface area contributed by atoms with Crippen molar-refractivity contribution < 1.29 is 19.0 Å². The van der Waals surface area contributed by atoms with E-state index in [9.17, 15) is 9.50 Å². The number of hydrogen-bond acceptors (Lipinski definition) is 7. The van der Waals surface area contributed by atoms with Crippen LogP contribution < -0.4 is 15.4 Å². The molecule has 1 aromatic carbocycles. The lowest BCUT2D eigenvalue weighted by Crippen LogP contribution is -2.51. The summed E-state index contributed by atoms with van der Waals surface area (Å²) in [6.07, 6.45) is 4.79. The maximum absolute atomic E-state index is 14.5. The highest BCUT2D eigenvalue weighted by Crippen LogP contribution is 2.43. The fraction of sp³-hybridized carbons (Fsp3) is 0.455. The Labute approximate surface area is 185 Å². The van der Waals surface area contributed by atoms with Gasteiger partial charge in [0.25, 0.3) is 0 Å². The molecule has 1 aromatic heterocycles. The maximum Gasteiger partial charge on any atom is 0.152 e. The molecular formula is C22H26ClFN4O3. The molecule has 2 aliphatic heterocycles. The van der Waals surface area contributed by atoms with E-state index >= 15 is 0 Å². The van der Waals surface area contributed by atoms with Crippen LogP contribution in [0.5, 0.6) is 5.75 Å². The van der Waals surface area contributed by atoms with Crippen molar-refractivity contribution in [1.82, 2.24) is 9.97 Å². The van der Waals surface area contributed by atoms with Crippen molar-refractivity contribution >= 4 is 17.4 Å². The molecule has 4 rings (SSSR count). The van der Waals surface area contributed by atoms with Crippen LogP contribution in [0.25, 0.3) is 11.3 Å². The number of halogens is 2. The summed E-state index contributed by atoms with van der Waals surface area (Å²) in [5.74, 6) is 0.376. The van der Waals surface area contributed by atoms with Gasteiger partial charge in [-0.25, -0.2) is 14.4 Å². The largest absolute Gasteiger partial charge is 0.495 e. The molecule has 3 heterocycles. The van der Waals surface area contributed by atoms with Gasteiger partial charge in [-0.3, -0.25) is 0 Å². The molecule has 2 aromatic rings. The number of nitrogens with two attached hydrogens (primary N) is 1. The second kappa shape index (κ2) is 8.70. The minimum absolute atomic E-state index is 0.0840. The Morgan fingerprint density at radius 2 is 2.19 bits per heavy atom. The Morgan fingerprint density at radius 1 is 1.45 bits per heavy atom. The van der Waals surface area contributed by atoms with E-state index in [2.05, 4.69) is 21.4 Å². The third-order valence-electron chi connectivity index (χ3n) is 6.42. The molecule has 2 aliphatic rings. The monoisotopic (exact) mass is 448 g/mol. The smallest absolute Gasteiger partial charge is 0.152 e. The molecule has 2 saturated heterocycles. The second-order valence-corrected chi connectivity index (χ2v) is 8.39. The highest BCUT2D eigenvalue weighted by Gasteiger charge is 2.48. The van der Waals surface area contributed by atoms with E-state index < -0.39 is 5.82 Å². The first-order chi connectivity index (χ1) is 14.9. The second-order valence-electron chi connectivity index (χ2n) is 8.01. The highest BCUT2D eigenvalue weighted by molar-refractivity contribution is 6.34. The number of aliphatic hydroxyl groups excluding tert-OH is 1. The van der Waals surface area contributed by atoms with Crippen LogP contribution in [-0.4, -0.2) is 54.0 Å². The minimum Gasteiger partial charge on any atom is -0.495 e. The van der Waals surface area contributed by atoms with Crippen molar-refractivity contribution in [1.29, 1.82) is 0 Å². The van der Waals surface area contributed by atoms with Crippen LogP contribution in [-0.2, 0) is 11.3 Å². The summed E-state index contributed by atoms with van der Waals surface area (Å²) in [6, 6.07) is 2.63. The summed E-state index contributed by atoms with van der Waals surface area (Å²) in [7, 11) is 1.46. The van der Waals surface area contributed by atoms with Crippen molar-refractivity contribution in [3.63, 3.8) is 0 Å². The number of rotatable bonds is 5. The lowest BCUT2D eigenvalue weighted by atomic mass is 9.73. The van der Waals surface area contributed by atoms with Crippen LogP contribution in [0.3, 0.4) is 0 Å². The van der Waals surface area contributed by atoms with Crippen LogP contribution in [0.4, 0.5) is 10.2 Å². The van der Waals surface area contributed by atoms with Crippen LogP contribution in [0.2, 0.25) is 5.02 Å². The summed E-state index contributed by atoms with van der Waals surface area (Å²) in [6.45, 7) is 5.50. The molecule has 0 aliphatic carbocycles. The van der Waals surface area contributed by atoms with E-state index in [4.69, 9.17) is 26.8 Å². The fourth-order valence-corrected chi connectivity index (χ4v) is 4.83. The summed E-state index contributed by atoms with van der Waals surface area (Å²) >= 11 is 6.30. The lowest BCUT2D eigenvalue weighted by molar-refractivity contribution is 0.109. The Bertz CT molecular complexity index is 981. The van der Waals surface area contributed by atoms with E-state index in [1.807, 2.05) is 0 Å². The number of anilines is 1. The number of aliphatic hydroxyl groups is 1. The molecule has 31 heavy (non-hydrogen) atoms. The van der Waals surface area contributed by atoms with Gasteiger partial charge in [-0.05, 0) is 25.0 Å². The van der Waals surface area contributed by atoms with Crippen molar-refractivity contribution in [2.75, 3.05) is 31.7 Å². The van der Waals surface area contributed by atoms with Gasteiger partial charge in [-0.1, -0.05) is 17.7 Å². The van der Waals surface area contributed by atoms with Gasteiger partial charge in [-0.15, -0.1) is 6.58 Å². The van der Waals surface area contributed by atoms with E-state index in [-0.39, 0.29) is 40.4 Å². The molecule has 2 fully saturated rings. The Morgan fingerprint density at radius 3 is 2.81 bits per heavy atom. The molecule has 2 atom stereocenters. The first-order valence-corrected chi connectivity index (χ1v) is 10.6. The van der Waals surface area contributed by atoms with Gasteiger partial charge < -0.3 is 25.2 Å². The zero-order chi connectivity index (χ0) is 22.2. The average Bonchev–Trinajstić information content (AvgIpc) is 3.09. The molecule has 0 saturated carbocycles. The van der Waals surface area contributed by atoms with Gasteiger partial charge in [0.1, 0.15) is 17.3 Å². The van der Waals surface area contributed by atoms with Crippen LogP contribution in [0.15, 0.2) is 31.0 Å². The molecule has 9 heteroatoms. The fourth-order valence-electron chi connectivity index (χ4n) is 4.50. The third kappa shape index (κ3) is 3.78. The summed E-state index contributed by atoms with van der Waals surface area (Å²) in [5, 5.41) is 10.1. The predicted octanol–water partition coefficient (Wildman–Crippen LogP) is 2.94. The number of aromatic nitrogens is 2. The van der Waals surface area contributed by atoms with Gasteiger partial charge in [0.2, 0.25) is 0 Å². The lowest BCUT2D eigenvalue weighted by Gasteiger charge is -2.41. The number of hydrogen-bond donors (Lipinski definition) is 2. The molecule has 166 valence electrons. The van der Waals surface area contributed by atoms with E-state index in [1.165, 1.54) is 25.4 Å². The number of ether oxygens (including phenoxy) is 2. The summed E-state index contributed by atoms with van der Waals surface area (Å²) in [5.41, 5.74) is 7.05. The van der Waals surface area contributed by atoms with Gasteiger partial charge in [0, 0.05) is 24.5 Å². The molecule has 0 bridgehead atoms. The zero-order valence-corrected chi connectivity index (χ0v) is 18.1. The van der Waals surface area contributed by atoms with Gasteiger partial charge in [0.15, 0.2) is 5.82 Å². The number of methoxy groups -OCH3 is 1. The third-order valence-corrected chi connectivity index (χ3v) is 6.79.